The highest BCUT2D eigenvalue weighted by Gasteiger charge is 2.15. The summed E-state index contributed by atoms with van der Waals surface area (Å²) in [6, 6.07) is 14.7. The Bertz CT molecular complexity index is 1870. The molecule has 278 valence electrons. The number of nitrogens with zero attached hydrogens (tertiary/aromatic N) is 7. The SMILES string of the molecule is C=CC(=O)OCCCCCOc1cc(N=Nc2ccc([N+](=O)[O-])cc2C#N)c(OCCCCCOC(=O)C=C)cc1N=Nc1ccc(N(C)C)cc1C. The van der Waals surface area contributed by atoms with Crippen LogP contribution in [0.15, 0.2) is 94.3 Å². The maximum absolute atomic E-state index is 11.3. The van der Waals surface area contributed by atoms with E-state index in [0.717, 1.165) is 35.9 Å². The Balaban J connectivity index is 1.95. The van der Waals surface area contributed by atoms with Crippen molar-refractivity contribution in [3.63, 3.8) is 0 Å². The van der Waals surface area contributed by atoms with Gasteiger partial charge < -0.3 is 23.8 Å². The Kier molecular flexibility index (Phi) is 16.8. The number of nitriles is 1. The van der Waals surface area contributed by atoms with Crippen molar-refractivity contribution in [1.29, 1.82) is 5.26 Å². The van der Waals surface area contributed by atoms with Crippen molar-refractivity contribution in [1.82, 2.24) is 0 Å². The van der Waals surface area contributed by atoms with Crippen molar-refractivity contribution in [2.24, 2.45) is 20.5 Å². The number of carbonyl (C=O) groups is 2. The second kappa shape index (κ2) is 21.7. The summed E-state index contributed by atoms with van der Waals surface area (Å²) in [5.41, 5.74) is 3.04. The van der Waals surface area contributed by atoms with Gasteiger partial charge in [-0.1, -0.05) is 13.2 Å². The highest BCUT2D eigenvalue weighted by Crippen LogP contribution is 2.42. The Labute approximate surface area is 308 Å². The summed E-state index contributed by atoms with van der Waals surface area (Å²) >= 11 is 0. The lowest BCUT2D eigenvalue weighted by atomic mass is 10.2. The second-order valence-electron chi connectivity index (χ2n) is 11.7. The van der Waals surface area contributed by atoms with Gasteiger partial charge in [-0.05, 0) is 75.3 Å². The normalized spacial score (nSPS) is 10.8. The molecule has 0 bridgehead atoms. The van der Waals surface area contributed by atoms with E-state index in [1.165, 1.54) is 12.1 Å². The monoisotopic (exact) mass is 725 g/mol. The first-order chi connectivity index (χ1) is 25.6. The summed E-state index contributed by atoms with van der Waals surface area (Å²) in [4.78, 5) is 35.3. The third-order valence-corrected chi connectivity index (χ3v) is 7.49. The molecule has 0 aliphatic carbocycles. The second-order valence-corrected chi connectivity index (χ2v) is 11.7. The average molecular weight is 726 g/mol. The van der Waals surface area contributed by atoms with E-state index in [-0.39, 0.29) is 42.4 Å². The number of aryl methyl sites for hydroxylation is 1. The summed E-state index contributed by atoms with van der Waals surface area (Å²) in [6.07, 6.45) is 6.18. The molecule has 15 nitrogen and oxygen atoms in total. The van der Waals surface area contributed by atoms with Crippen molar-refractivity contribution >= 4 is 46.1 Å². The number of nitro benzene ring substituents is 1. The number of carbonyl (C=O) groups excluding carboxylic acids is 2. The van der Waals surface area contributed by atoms with Crippen LogP contribution in [0.4, 0.5) is 34.1 Å². The fourth-order valence-corrected chi connectivity index (χ4v) is 4.58. The number of hydrogen-bond donors (Lipinski definition) is 0. The molecule has 0 atom stereocenters. The highest BCUT2D eigenvalue weighted by molar-refractivity contribution is 5.81. The first kappa shape index (κ1) is 41.0. The maximum Gasteiger partial charge on any atom is 0.330 e. The molecule has 0 spiro atoms. The standard InChI is InChI=1S/C38H43N7O8/c1-6-37(46)52-20-12-8-10-18-50-35-25-34(43-41-32-17-15-30(45(48)49)23-28(32)26-39)36(51-19-11-9-13-21-53-38(47)7-2)24-33(35)42-40-31-16-14-29(44(4)5)22-27(31)3/h6-7,14-17,22-25H,1-2,8-13,18-21H2,3-5H3. The van der Waals surface area contributed by atoms with E-state index >= 15 is 0 Å². The molecular weight excluding hydrogens is 682 g/mol. The summed E-state index contributed by atoms with van der Waals surface area (Å²) in [5.74, 6) is -0.316. The van der Waals surface area contributed by atoms with Crippen LogP contribution >= 0.6 is 0 Å². The Morgan fingerprint density at radius 2 is 1.25 bits per heavy atom. The van der Waals surface area contributed by atoms with E-state index in [1.54, 1.807) is 12.1 Å². The lowest BCUT2D eigenvalue weighted by molar-refractivity contribution is -0.384. The molecule has 3 rings (SSSR count). The third-order valence-electron chi connectivity index (χ3n) is 7.49. The van der Waals surface area contributed by atoms with Gasteiger partial charge in [-0.25, -0.2) is 9.59 Å². The van der Waals surface area contributed by atoms with E-state index in [9.17, 15) is 25.0 Å². The van der Waals surface area contributed by atoms with Gasteiger partial charge in [0, 0.05) is 56.2 Å². The van der Waals surface area contributed by atoms with Crippen LogP contribution in [0.2, 0.25) is 0 Å². The molecular formula is C38H43N7O8. The number of hydrogen-bond acceptors (Lipinski definition) is 14. The fourth-order valence-electron chi connectivity index (χ4n) is 4.58. The van der Waals surface area contributed by atoms with Crippen LogP contribution in [0.5, 0.6) is 11.5 Å². The average Bonchev–Trinajstić information content (AvgIpc) is 3.15. The minimum absolute atomic E-state index is 0.0288. The Hall–Kier alpha value is -6.43. The number of unbranched alkanes of at least 4 members (excludes halogenated alkanes) is 4. The molecule has 0 fully saturated rings. The van der Waals surface area contributed by atoms with Gasteiger partial charge in [0.25, 0.3) is 5.69 Å². The van der Waals surface area contributed by atoms with E-state index in [2.05, 4.69) is 33.6 Å². The van der Waals surface area contributed by atoms with Crippen LogP contribution in [0.25, 0.3) is 0 Å². The number of benzene rings is 3. The molecule has 3 aromatic rings. The van der Waals surface area contributed by atoms with Gasteiger partial charge in [-0.3, -0.25) is 10.1 Å². The van der Waals surface area contributed by atoms with E-state index in [4.69, 9.17) is 18.9 Å². The zero-order valence-corrected chi connectivity index (χ0v) is 30.2. The lowest BCUT2D eigenvalue weighted by Crippen LogP contribution is -2.08. The van der Waals surface area contributed by atoms with Gasteiger partial charge >= 0.3 is 11.9 Å². The summed E-state index contributed by atoms with van der Waals surface area (Å²) in [5, 5.41) is 38.5. The first-order valence-corrected chi connectivity index (χ1v) is 16.9. The van der Waals surface area contributed by atoms with Crippen LogP contribution in [0, 0.1) is 28.4 Å². The van der Waals surface area contributed by atoms with Crippen LogP contribution < -0.4 is 14.4 Å². The van der Waals surface area contributed by atoms with Gasteiger partial charge in [-0.2, -0.15) is 10.4 Å². The predicted molar refractivity (Wildman–Crippen MR) is 199 cm³/mol. The summed E-state index contributed by atoms with van der Waals surface area (Å²) in [7, 11) is 3.91. The molecule has 15 heteroatoms. The predicted octanol–water partition coefficient (Wildman–Crippen LogP) is 9.23. The number of anilines is 1. The van der Waals surface area contributed by atoms with Crippen molar-refractivity contribution in [2.45, 2.75) is 45.4 Å². The van der Waals surface area contributed by atoms with Crippen molar-refractivity contribution in [2.75, 3.05) is 45.4 Å². The van der Waals surface area contributed by atoms with Crippen molar-refractivity contribution in [3.05, 3.63) is 95.1 Å². The molecule has 0 unspecified atom stereocenters. The number of esters is 2. The van der Waals surface area contributed by atoms with E-state index in [0.29, 0.717) is 61.6 Å². The van der Waals surface area contributed by atoms with Crippen molar-refractivity contribution in [3.8, 4) is 17.6 Å². The largest absolute Gasteiger partial charge is 0.491 e. The van der Waals surface area contributed by atoms with Crippen LogP contribution in [0.1, 0.15) is 49.7 Å². The molecule has 3 aromatic carbocycles. The number of non-ortho nitro benzene ring substituents is 1. The minimum atomic E-state index is -0.597. The highest BCUT2D eigenvalue weighted by atomic mass is 16.6. The zero-order chi connectivity index (χ0) is 38.6. The molecule has 0 amide bonds. The van der Waals surface area contributed by atoms with Gasteiger partial charge in [0.05, 0.1) is 42.6 Å². The maximum atomic E-state index is 11.3. The molecule has 0 aromatic heterocycles. The molecule has 0 saturated carbocycles. The fraction of sp³-hybridized carbons (Fsp3) is 0.342. The zero-order valence-electron chi connectivity index (χ0n) is 30.2. The van der Waals surface area contributed by atoms with Crippen LogP contribution in [-0.2, 0) is 19.1 Å². The van der Waals surface area contributed by atoms with Crippen LogP contribution in [0.3, 0.4) is 0 Å². The molecule has 0 radical (unpaired) electrons. The molecule has 0 aliphatic heterocycles. The molecule has 0 aliphatic rings. The van der Waals surface area contributed by atoms with Gasteiger partial charge in [0.15, 0.2) is 0 Å². The smallest absolute Gasteiger partial charge is 0.330 e. The molecule has 0 N–H and O–H groups in total. The van der Waals surface area contributed by atoms with Crippen molar-refractivity contribution < 1.29 is 33.5 Å². The van der Waals surface area contributed by atoms with E-state index in [1.807, 2.05) is 50.2 Å². The quantitative estimate of drug-likeness (QED) is 0.0241. The van der Waals surface area contributed by atoms with Crippen LogP contribution in [-0.4, -0.2) is 57.4 Å². The van der Waals surface area contributed by atoms with Gasteiger partial charge in [0.1, 0.15) is 34.6 Å². The van der Waals surface area contributed by atoms with Gasteiger partial charge in [0.2, 0.25) is 0 Å². The molecule has 53 heavy (non-hydrogen) atoms. The number of ether oxygens (including phenoxy) is 4. The summed E-state index contributed by atoms with van der Waals surface area (Å²) < 4.78 is 22.4. The Morgan fingerprint density at radius 1 is 0.755 bits per heavy atom. The minimum Gasteiger partial charge on any atom is -0.491 e. The molecule has 0 saturated heterocycles. The molecule has 0 heterocycles. The Morgan fingerprint density at radius 3 is 1.72 bits per heavy atom. The third kappa shape index (κ3) is 13.7. The lowest BCUT2D eigenvalue weighted by Gasteiger charge is -2.14. The summed E-state index contributed by atoms with van der Waals surface area (Å²) in [6.45, 7) is 9.80. The number of nitro groups is 1. The topological polar surface area (TPSA) is 191 Å². The number of rotatable bonds is 22. The first-order valence-electron chi connectivity index (χ1n) is 16.9. The van der Waals surface area contributed by atoms with Gasteiger partial charge in [-0.15, -0.1) is 15.3 Å². The number of azo groups is 2. The van der Waals surface area contributed by atoms with E-state index < -0.39 is 16.9 Å².